The van der Waals surface area contributed by atoms with Gasteiger partial charge in [0.15, 0.2) is 5.60 Å². The maximum atomic E-state index is 11.9. The van der Waals surface area contributed by atoms with E-state index in [0.717, 1.165) is 12.2 Å². The van der Waals surface area contributed by atoms with Crippen LogP contribution in [-0.2, 0) is 9.59 Å². The molecular formula is C13H23NO4S. The number of hydrogen-bond acceptors (Lipinski definition) is 4. The van der Waals surface area contributed by atoms with Gasteiger partial charge < -0.3 is 15.1 Å². The average Bonchev–Trinajstić information content (AvgIpc) is 2.35. The Morgan fingerprint density at radius 2 is 1.89 bits per heavy atom. The van der Waals surface area contributed by atoms with Crippen molar-refractivity contribution in [3.8, 4) is 0 Å². The number of amides is 1. The van der Waals surface area contributed by atoms with Crippen molar-refractivity contribution in [3.63, 3.8) is 0 Å². The lowest BCUT2D eigenvalue weighted by Gasteiger charge is -2.35. The Hall–Kier alpha value is -0.750. The summed E-state index contributed by atoms with van der Waals surface area (Å²) in [5.74, 6) is 0.907. The Morgan fingerprint density at radius 1 is 1.32 bits per heavy atom. The monoisotopic (exact) mass is 289 g/mol. The van der Waals surface area contributed by atoms with Crippen LogP contribution >= 0.6 is 11.8 Å². The molecule has 0 spiro atoms. The zero-order valence-corrected chi connectivity index (χ0v) is 12.4. The molecule has 1 aliphatic rings. The smallest absolute Gasteiger partial charge is 0.335 e. The van der Waals surface area contributed by atoms with Gasteiger partial charge >= 0.3 is 5.97 Å². The van der Waals surface area contributed by atoms with Gasteiger partial charge in [-0.3, -0.25) is 4.79 Å². The molecule has 110 valence electrons. The molecule has 0 atom stereocenters. The number of carboxylic acids is 1. The van der Waals surface area contributed by atoms with Crippen LogP contribution in [0.3, 0.4) is 0 Å². The third kappa shape index (κ3) is 5.03. The normalized spacial score (nSPS) is 18.6. The number of carboxylic acid groups (broad SMARTS) is 1. The Kier molecular flexibility index (Phi) is 6.13. The highest BCUT2D eigenvalue weighted by atomic mass is 32.2. The van der Waals surface area contributed by atoms with Crippen molar-refractivity contribution < 1.29 is 19.8 Å². The first-order valence-electron chi connectivity index (χ1n) is 6.66. The fraction of sp³-hybridized carbons (Fsp3) is 0.846. The number of aliphatic carboxylic acids is 1. The lowest BCUT2D eigenvalue weighted by molar-refractivity contribution is -0.165. The van der Waals surface area contributed by atoms with Gasteiger partial charge in [0.2, 0.25) is 5.91 Å². The number of rotatable bonds is 6. The Balaban J connectivity index is 2.27. The fourth-order valence-electron chi connectivity index (χ4n) is 1.91. The summed E-state index contributed by atoms with van der Waals surface area (Å²) in [4.78, 5) is 24.4. The van der Waals surface area contributed by atoms with Gasteiger partial charge in [0.1, 0.15) is 0 Å². The van der Waals surface area contributed by atoms with Gasteiger partial charge in [-0.05, 0) is 18.1 Å². The minimum Gasteiger partial charge on any atom is -0.479 e. The SMILES string of the molecule is CC(C)CCSCC(=O)N1CCC(O)(C(=O)O)CC1. The van der Waals surface area contributed by atoms with E-state index in [4.69, 9.17) is 5.11 Å². The van der Waals surface area contributed by atoms with Crippen molar-refractivity contribution in [3.05, 3.63) is 0 Å². The first-order chi connectivity index (χ1) is 8.85. The molecule has 0 radical (unpaired) electrons. The summed E-state index contributed by atoms with van der Waals surface area (Å²) >= 11 is 1.62. The van der Waals surface area contributed by atoms with Crippen LogP contribution in [0.25, 0.3) is 0 Å². The number of carbonyl (C=O) groups is 2. The van der Waals surface area contributed by atoms with Crippen molar-refractivity contribution in [2.75, 3.05) is 24.6 Å². The molecule has 0 aliphatic carbocycles. The minimum absolute atomic E-state index is 0.0428. The molecule has 0 aromatic rings. The van der Waals surface area contributed by atoms with Crippen LogP contribution < -0.4 is 0 Å². The second-order valence-corrected chi connectivity index (χ2v) is 6.56. The predicted molar refractivity (Wildman–Crippen MR) is 75.2 cm³/mol. The summed E-state index contributed by atoms with van der Waals surface area (Å²) < 4.78 is 0. The van der Waals surface area contributed by atoms with E-state index in [-0.39, 0.29) is 18.7 Å². The summed E-state index contributed by atoms with van der Waals surface area (Å²) in [6.07, 6.45) is 1.33. The summed E-state index contributed by atoms with van der Waals surface area (Å²) in [5, 5.41) is 18.7. The molecule has 1 amide bonds. The van der Waals surface area contributed by atoms with Gasteiger partial charge in [-0.2, -0.15) is 11.8 Å². The van der Waals surface area contributed by atoms with E-state index in [2.05, 4.69) is 13.8 Å². The van der Waals surface area contributed by atoms with Crippen LogP contribution in [0.1, 0.15) is 33.1 Å². The van der Waals surface area contributed by atoms with Gasteiger partial charge in [0.05, 0.1) is 5.75 Å². The van der Waals surface area contributed by atoms with Gasteiger partial charge in [0, 0.05) is 25.9 Å². The molecule has 5 nitrogen and oxygen atoms in total. The first kappa shape index (κ1) is 16.3. The van der Waals surface area contributed by atoms with Gasteiger partial charge in [0.25, 0.3) is 0 Å². The van der Waals surface area contributed by atoms with E-state index >= 15 is 0 Å². The van der Waals surface area contributed by atoms with Crippen LogP contribution in [0.2, 0.25) is 0 Å². The highest BCUT2D eigenvalue weighted by molar-refractivity contribution is 7.99. The quantitative estimate of drug-likeness (QED) is 0.719. The first-order valence-corrected chi connectivity index (χ1v) is 7.82. The number of nitrogens with zero attached hydrogens (tertiary/aromatic N) is 1. The predicted octanol–water partition coefficient (Wildman–Crippen LogP) is 1.20. The number of hydrogen-bond donors (Lipinski definition) is 2. The third-order valence-corrected chi connectivity index (χ3v) is 4.38. The Bertz CT molecular complexity index is 325. The molecule has 1 heterocycles. The molecule has 19 heavy (non-hydrogen) atoms. The fourth-order valence-corrected chi connectivity index (χ4v) is 3.05. The van der Waals surface area contributed by atoms with Crippen molar-refractivity contribution >= 4 is 23.6 Å². The van der Waals surface area contributed by atoms with Crippen LogP contribution in [0, 0.1) is 5.92 Å². The molecule has 0 aromatic heterocycles. The summed E-state index contributed by atoms with van der Waals surface area (Å²) in [5.41, 5.74) is -1.65. The Morgan fingerprint density at radius 3 is 2.37 bits per heavy atom. The molecule has 2 N–H and O–H groups in total. The average molecular weight is 289 g/mol. The third-order valence-electron chi connectivity index (χ3n) is 3.41. The largest absolute Gasteiger partial charge is 0.479 e. The van der Waals surface area contributed by atoms with Crippen molar-refractivity contribution in [1.82, 2.24) is 4.90 Å². The van der Waals surface area contributed by atoms with Crippen LogP contribution in [0.4, 0.5) is 0 Å². The Labute approximate surface area is 118 Å². The maximum Gasteiger partial charge on any atom is 0.335 e. The van der Waals surface area contributed by atoms with E-state index in [1.165, 1.54) is 0 Å². The lowest BCUT2D eigenvalue weighted by Crippen LogP contribution is -2.51. The van der Waals surface area contributed by atoms with Gasteiger partial charge in [-0.25, -0.2) is 4.79 Å². The lowest BCUT2D eigenvalue weighted by atomic mass is 9.92. The minimum atomic E-state index is -1.65. The van der Waals surface area contributed by atoms with E-state index in [1.807, 2.05) is 0 Å². The van der Waals surface area contributed by atoms with Crippen molar-refractivity contribution in [2.24, 2.45) is 5.92 Å². The number of carbonyl (C=O) groups excluding carboxylic acids is 1. The number of thioether (sulfide) groups is 1. The summed E-state index contributed by atoms with van der Waals surface area (Å²) in [7, 11) is 0. The van der Waals surface area contributed by atoms with E-state index in [0.29, 0.717) is 24.8 Å². The second kappa shape index (κ2) is 7.14. The maximum absolute atomic E-state index is 11.9. The van der Waals surface area contributed by atoms with E-state index < -0.39 is 11.6 Å². The van der Waals surface area contributed by atoms with Gasteiger partial charge in [-0.1, -0.05) is 13.8 Å². The number of piperidine rings is 1. The molecule has 0 aromatic carbocycles. The highest BCUT2D eigenvalue weighted by Crippen LogP contribution is 2.23. The van der Waals surface area contributed by atoms with Crippen LogP contribution in [-0.4, -0.2) is 57.2 Å². The van der Waals surface area contributed by atoms with Crippen LogP contribution in [0.5, 0.6) is 0 Å². The topological polar surface area (TPSA) is 77.8 Å². The highest BCUT2D eigenvalue weighted by Gasteiger charge is 2.40. The van der Waals surface area contributed by atoms with Crippen LogP contribution in [0.15, 0.2) is 0 Å². The second-order valence-electron chi connectivity index (χ2n) is 5.45. The molecule has 0 bridgehead atoms. The molecule has 0 unspecified atom stereocenters. The number of likely N-dealkylation sites (tertiary alicyclic amines) is 1. The molecule has 1 fully saturated rings. The molecular weight excluding hydrogens is 266 g/mol. The summed E-state index contributed by atoms with van der Waals surface area (Å²) in [6.45, 7) is 4.96. The standard InChI is InChI=1S/C13H23NO4S/c1-10(2)3-8-19-9-11(15)14-6-4-13(18,5-7-14)12(16)17/h10,18H,3-9H2,1-2H3,(H,16,17). The van der Waals surface area contributed by atoms with Crippen molar-refractivity contribution in [2.45, 2.75) is 38.7 Å². The van der Waals surface area contributed by atoms with E-state index in [1.54, 1.807) is 16.7 Å². The van der Waals surface area contributed by atoms with Crippen molar-refractivity contribution in [1.29, 1.82) is 0 Å². The molecule has 1 saturated heterocycles. The zero-order valence-electron chi connectivity index (χ0n) is 11.6. The molecule has 1 aliphatic heterocycles. The molecule has 6 heteroatoms. The summed E-state index contributed by atoms with van der Waals surface area (Å²) in [6, 6.07) is 0. The molecule has 0 saturated carbocycles. The van der Waals surface area contributed by atoms with E-state index in [9.17, 15) is 14.7 Å². The number of aliphatic hydroxyl groups is 1. The zero-order chi connectivity index (χ0) is 14.5. The molecule has 1 rings (SSSR count). The van der Waals surface area contributed by atoms with Gasteiger partial charge in [-0.15, -0.1) is 0 Å².